The van der Waals surface area contributed by atoms with E-state index < -0.39 is 18.2 Å². The highest BCUT2D eigenvalue weighted by Gasteiger charge is 2.31. The lowest BCUT2D eigenvalue weighted by Crippen LogP contribution is -2.17. The monoisotopic (exact) mass is 414 g/mol. The molecule has 30 heavy (non-hydrogen) atoms. The average Bonchev–Trinajstić information content (AvgIpc) is 3.16. The van der Waals surface area contributed by atoms with Gasteiger partial charge in [0.25, 0.3) is 0 Å². The van der Waals surface area contributed by atoms with Crippen LogP contribution < -0.4 is 14.2 Å². The molecule has 0 spiro atoms. The SMILES string of the molecule is C=CCCCC1Oc2ccc3c(OC)c(C(=O)OCC)c(C(=O)OCC)cc3c2O1. The molecule has 0 radical (unpaired) electrons. The zero-order valence-electron chi connectivity index (χ0n) is 17.5. The molecule has 3 rings (SSSR count). The first-order valence-electron chi connectivity index (χ1n) is 10.0. The average molecular weight is 414 g/mol. The number of hydrogen-bond acceptors (Lipinski definition) is 7. The van der Waals surface area contributed by atoms with Gasteiger partial charge in [0.15, 0.2) is 11.5 Å². The first-order chi connectivity index (χ1) is 14.5. The Balaban J connectivity index is 2.14. The van der Waals surface area contributed by atoms with Crippen molar-refractivity contribution in [2.24, 2.45) is 0 Å². The lowest BCUT2D eigenvalue weighted by molar-refractivity contribution is 0.0410. The summed E-state index contributed by atoms with van der Waals surface area (Å²) in [5.74, 6) is 0.0248. The largest absolute Gasteiger partial charge is 0.495 e. The number of rotatable bonds is 9. The minimum Gasteiger partial charge on any atom is -0.495 e. The Bertz CT molecular complexity index is 964. The molecule has 7 heteroatoms. The van der Waals surface area contributed by atoms with Crippen LogP contribution in [-0.4, -0.2) is 38.6 Å². The van der Waals surface area contributed by atoms with Crippen molar-refractivity contribution in [1.82, 2.24) is 0 Å². The molecule has 2 aromatic carbocycles. The van der Waals surface area contributed by atoms with E-state index in [0.717, 1.165) is 12.8 Å². The lowest BCUT2D eigenvalue weighted by atomic mass is 9.98. The van der Waals surface area contributed by atoms with Gasteiger partial charge in [-0.2, -0.15) is 0 Å². The van der Waals surface area contributed by atoms with Crippen LogP contribution in [0.1, 0.15) is 53.8 Å². The predicted molar refractivity (Wildman–Crippen MR) is 112 cm³/mol. The molecule has 0 fully saturated rings. The maximum absolute atomic E-state index is 12.7. The van der Waals surface area contributed by atoms with E-state index in [-0.39, 0.29) is 30.1 Å². The van der Waals surface area contributed by atoms with Crippen molar-refractivity contribution in [3.8, 4) is 17.2 Å². The van der Waals surface area contributed by atoms with E-state index in [2.05, 4.69) is 6.58 Å². The maximum Gasteiger partial charge on any atom is 0.342 e. The first-order valence-corrected chi connectivity index (χ1v) is 10.0. The van der Waals surface area contributed by atoms with Crippen LogP contribution in [-0.2, 0) is 9.47 Å². The number of carbonyl (C=O) groups is 2. The number of benzene rings is 2. The van der Waals surface area contributed by atoms with E-state index >= 15 is 0 Å². The summed E-state index contributed by atoms with van der Waals surface area (Å²) in [4.78, 5) is 25.3. The number of hydrogen-bond donors (Lipinski definition) is 0. The Hall–Kier alpha value is -3.22. The molecular weight excluding hydrogens is 388 g/mol. The van der Waals surface area contributed by atoms with Crippen molar-refractivity contribution in [3.63, 3.8) is 0 Å². The molecule has 1 atom stereocenters. The van der Waals surface area contributed by atoms with Gasteiger partial charge < -0.3 is 23.7 Å². The van der Waals surface area contributed by atoms with E-state index in [4.69, 9.17) is 23.7 Å². The van der Waals surface area contributed by atoms with Crippen LogP contribution in [0.5, 0.6) is 17.2 Å². The van der Waals surface area contributed by atoms with Gasteiger partial charge in [0.05, 0.1) is 25.9 Å². The maximum atomic E-state index is 12.7. The summed E-state index contributed by atoms with van der Waals surface area (Å²) < 4.78 is 27.8. The minimum absolute atomic E-state index is 0.0340. The number of allylic oxidation sites excluding steroid dienone is 1. The third-order valence-corrected chi connectivity index (χ3v) is 4.72. The summed E-state index contributed by atoms with van der Waals surface area (Å²) in [6, 6.07) is 5.13. The molecule has 1 aliphatic heterocycles. The van der Waals surface area contributed by atoms with Gasteiger partial charge in [-0.05, 0) is 44.9 Å². The van der Waals surface area contributed by atoms with Gasteiger partial charge in [-0.15, -0.1) is 6.58 Å². The van der Waals surface area contributed by atoms with Crippen LogP contribution in [0.3, 0.4) is 0 Å². The molecule has 0 aliphatic carbocycles. The van der Waals surface area contributed by atoms with Gasteiger partial charge in [-0.25, -0.2) is 9.59 Å². The lowest BCUT2D eigenvalue weighted by Gasteiger charge is -2.16. The van der Waals surface area contributed by atoms with E-state index in [9.17, 15) is 9.59 Å². The van der Waals surface area contributed by atoms with Crippen molar-refractivity contribution in [2.45, 2.75) is 39.4 Å². The molecular formula is C23H26O7. The topological polar surface area (TPSA) is 80.3 Å². The molecule has 0 saturated carbocycles. The molecule has 0 saturated heterocycles. The number of methoxy groups -OCH3 is 1. The van der Waals surface area contributed by atoms with Crippen molar-refractivity contribution >= 4 is 22.7 Å². The normalized spacial score (nSPS) is 14.4. The summed E-state index contributed by atoms with van der Waals surface area (Å²) in [5, 5.41) is 1.22. The van der Waals surface area contributed by atoms with Gasteiger partial charge in [0.1, 0.15) is 11.3 Å². The van der Waals surface area contributed by atoms with E-state index in [1.165, 1.54) is 7.11 Å². The second-order valence-corrected chi connectivity index (χ2v) is 6.65. The quantitative estimate of drug-likeness (QED) is 0.335. The summed E-state index contributed by atoms with van der Waals surface area (Å²) >= 11 is 0. The number of unbranched alkanes of at least 4 members (excludes halogenated alkanes) is 1. The Morgan fingerprint density at radius 2 is 1.83 bits per heavy atom. The molecule has 160 valence electrons. The summed E-state index contributed by atoms with van der Waals surface area (Å²) in [6.45, 7) is 7.44. The van der Waals surface area contributed by atoms with Crippen molar-refractivity contribution in [1.29, 1.82) is 0 Å². The Labute approximate surface area is 175 Å². The van der Waals surface area contributed by atoms with Crippen LogP contribution >= 0.6 is 0 Å². The molecule has 1 heterocycles. The third-order valence-electron chi connectivity index (χ3n) is 4.72. The molecule has 0 aromatic heterocycles. The zero-order valence-corrected chi connectivity index (χ0v) is 17.5. The number of carbonyl (C=O) groups excluding carboxylic acids is 2. The smallest absolute Gasteiger partial charge is 0.342 e. The standard InChI is InChI=1S/C23H26O7/c1-5-8-9-10-18-29-17-12-11-14-15(20(17)30-18)13-16(22(24)27-6-2)19(21(14)26-4)23(25)28-7-3/h5,11-13,18H,1,6-10H2,2-4H3. The Kier molecular flexibility index (Phi) is 6.82. The molecule has 2 aromatic rings. The second-order valence-electron chi connectivity index (χ2n) is 6.65. The van der Waals surface area contributed by atoms with Gasteiger partial charge in [0.2, 0.25) is 6.29 Å². The molecule has 1 unspecified atom stereocenters. The van der Waals surface area contributed by atoms with E-state index in [0.29, 0.717) is 28.7 Å². The fourth-order valence-electron chi connectivity index (χ4n) is 3.44. The van der Waals surface area contributed by atoms with Gasteiger partial charge >= 0.3 is 11.9 Å². The van der Waals surface area contributed by atoms with Crippen molar-refractivity contribution in [2.75, 3.05) is 20.3 Å². The second kappa shape index (κ2) is 9.52. The summed E-state index contributed by atoms with van der Waals surface area (Å²) in [7, 11) is 1.44. The highest BCUT2D eigenvalue weighted by atomic mass is 16.7. The van der Waals surface area contributed by atoms with Gasteiger partial charge in [-0.1, -0.05) is 6.08 Å². The van der Waals surface area contributed by atoms with Crippen molar-refractivity contribution in [3.05, 3.63) is 42.0 Å². The van der Waals surface area contributed by atoms with E-state index in [1.807, 2.05) is 6.08 Å². The van der Waals surface area contributed by atoms with Gasteiger partial charge in [-0.3, -0.25) is 0 Å². The Morgan fingerprint density at radius 3 is 2.50 bits per heavy atom. The predicted octanol–water partition coefficient (Wildman–Crippen LogP) is 4.66. The number of fused-ring (bicyclic) bond motifs is 3. The first kappa shape index (κ1) is 21.5. The highest BCUT2D eigenvalue weighted by molar-refractivity contribution is 6.12. The molecule has 7 nitrogen and oxygen atoms in total. The van der Waals surface area contributed by atoms with Crippen LogP contribution in [0.2, 0.25) is 0 Å². The minimum atomic E-state index is -0.653. The fraction of sp³-hybridized carbons (Fsp3) is 0.391. The van der Waals surface area contributed by atoms with Crippen LogP contribution in [0.4, 0.5) is 0 Å². The molecule has 0 bridgehead atoms. The van der Waals surface area contributed by atoms with Crippen LogP contribution in [0.15, 0.2) is 30.9 Å². The Morgan fingerprint density at radius 1 is 1.10 bits per heavy atom. The molecule has 0 amide bonds. The van der Waals surface area contributed by atoms with E-state index in [1.54, 1.807) is 32.0 Å². The third kappa shape index (κ3) is 4.06. The highest BCUT2D eigenvalue weighted by Crippen LogP contribution is 2.46. The van der Waals surface area contributed by atoms with Crippen molar-refractivity contribution < 1.29 is 33.3 Å². The van der Waals surface area contributed by atoms with Gasteiger partial charge in [0, 0.05) is 17.2 Å². The summed E-state index contributed by atoms with van der Waals surface area (Å²) in [6.07, 6.45) is 3.87. The molecule has 0 N–H and O–H groups in total. The summed E-state index contributed by atoms with van der Waals surface area (Å²) in [5.41, 5.74) is 0.0958. The fourth-order valence-corrected chi connectivity index (χ4v) is 3.44. The van der Waals surface area contributed by atoms with Crippen LogP contribution in [0.25, 0.3) is 10.8 Å². The molecule has 1 aliphatic rings. The van der Waals surface area contributed by atoms with Crippen LogP contribution in [0, 0.1) is 0 Å². The zero-order chi connectivity index (χ0) is 21.7. The number of ether oxygens (including phenoxy) is 5. The number of esters is 2.